The molecule has 26 heavy (non-hydrogen) atoms. The van der Waals surface area contributed by atoms with Crippen LogP contribution in [0, 0.1) is 17.4 Å². The summed E-state index contributed by atoms with van der Waals surface area (Å²) in [7, 11) is -1.48. The number of hydrogen-bond acceptors (Lipinski definition) is 4. The van der Waals surface area contributed by atoms with Gasteiger partial charge in [-0.15, -0.1) is 5.54 Å². The summed E-state index contributed by atoms with van der Waals surface area (Å²) in [6, 6.07) is 2.04. The first kappa shape index (κ1) is 17.3. The quantitative estimate of drug-likeness (QED) is 0.655. The fraction of sp³-hybridized carbons (Fsp3) is 0.500. The molecule has 0 spiro atoms. The highest BCUT2D eigenvalue weighted by molar-refractivity contribution is 6.83. The van der Waals surface area contributed by atoms with Gasteiger partial charge >= 0.3 is 0 Å². The van der Waals surface area contributed by atoms with Gasteiger partial charge in [-0.1, -0.05) is 25.6 Å². The lowest BCUT2D eigenvalue weighted by molar-refractivity contribution is 0.0618. The van der Waals surface area contributed by atoms with E-state index in [1.807, 2.05) is 6.07 Å². The lowest BCUT2D eigenvalue weighted by atomic mass is 9.84. The van der Waals surface area contributed by atoms with Gasteiger partial charge in [0, 0.05) is 18.0 Å². The topological polar surface area (TPSA) is 58.4 Å². The van der Waals surface area contributed by atoms with E-state index in [-0.39, 0.29) is 11.9 Å². The van der Waals surface area contributed by atoms with Crippen molar-refractivity contribution in [2.45, 2.75) is 38.5 Å². The first-order chi connectivity index (χ1) is 12.4. The van der Waals surface area contributed by atoms with Crippen molar-refractivity contribution in [1.82, 2.24) is 15.2 Å². The van der Waals surface area contributed by atoms with Gasteiger partial charge in [0.05, 0.1) is 11.8 Å². The van der Waals surface area contributed by atoms with Crippen LogP contribution < -0.4 is 5.32 Å². The number of pyridine rings is 1. The second-order valence-electron chi connectivity index (χ2n) is 8.43. The van der Waals surface area contributed by atoms with Gasteiger partial charge in [0.2, 0.25) is 0 Å². The smallest absolute Gasteiger partial charge is 0.270 e. The number of carbonyl (C=O) groups excluding carboxylic acids is 1. The molecular formula is C20H25N3O2Si. The van der Waals surface area contributed by atoms with Crippen LogP contribution >= 0.6 is 0 Å². The molecule has 3 aliphatic rings. The van der Waals surface area contributed by atoms with E-state index in [4.69, 9.17) is 4.42 Å². The van der Waals surface area contributed by atoms with Crippen LogP contribution in [-0.4, -0.2) is 49.5 Å². The molecule has 6 heteroatoms. The average molecular weight is 368 g/mol. The van der Waals surface area contributed by atoms with Crippen molar-refractivity contribution in [1.29, 1.82) is 0 Å². The van der Waals surface area contributed by atoms with Crippen LogP contribution in [0.5, 0.6) is 0 Å². The summed E-state index contributed by atoms with van der Waals surface area (Å²) in [5.41, 5.74) is 5.29. The molecule has 3 aliphatic heterocycles. The Morgan fingerprint density at radius 1 is 1.35 bits per heavy atom. The van der Waals surface area contributed by atoms with Crippen molar-refractivity contribution in [3.63, 3.8) is 0 Å². The lowest BCUT2D eigenvalue weighted by Gasteiger charge is -2.44. The summed E-state index contributed by atoms with van der Waals surface area (Å²) in [5.74, 6) is 3.72. The third kappa shape index (κ3) is 3.55. The molecule has 2 aromatic rings. The Bertz CT molecular complexity index is 895. The molecule has 0 aromatic carbocycles. The fourth-order valence-electron chi connectivity index (χ4n) is 3.78. The zero-order valence-electron chi connectivity index (χ0n) is 15.6. The molecule has 0 unspecified atom stereocenters. The number of amides is 1. The summed E-state index contributed by atoms with van der Waals surface area (Å²) in [5, 5.41) is 4.06. The largest absolute Gasteiger partial charge is 0.461 e. The second kappa shape index (κ2) is 6.56. The van der Waals surface area contributed by atoms with E-state index in [9.17, 15) is 4.79 Å². The third-order valence-electron chi connectivity index (χ3n) is 5.24. The van der Waals surface area contributed by atoms with Crippen LogP contribution in [0.1, 0.15) is 28.9 Å². The van der Waals surface area contributed by atoms with E-state index in [0.717, 1.165) is 30.6 Å². The third-order valence-corrected chi connectivity index (χ3v) is 6.11. The standard InChI is InChI=1S/C20H25N3O2Si/c1-26(2,3)9-6-15-13-25-19-11-21-17(10-16(15)19)20(24)22-18-12-23-7-4-14(18)5-8-23/h10-11,13-14,18H,4-5,7-8,12H2,1-3H3,(H,22,24)/t18-/m0/s1. The summed E-state index contributed by atoms with van der Waals surface area (Å²) < 4.78 is 5.55. The van der Waals surface area contributed by atoms with Crippen molar-refractivity contribution in [3.05, 3.63) is 29.8 Å². The zero-order valence-corrected chi connectivity index (χ0v) is 16.6. The molecule has 136 valence electrons. The molecule has 1 N–H and O–H groups in total. The van der Waals surface area contributed by atoms with E-state index in [2.05, 4.69) is 46.3 Å². The van der Waals surface area contributed by atoms with E-state index >= 15 is 0 Å². The van der Waals surface area contributed by atoms with E-state index in [0.29, 0.717) is 17.2 Å². The van der Waals surface area contributed by atoms with Gasteiger partial charge in [-0.05, 0) is 37.9 Å². The Kier molecular flexibility index (Phi) is 4.37. The molecule has 0 saturated carbocycles. The molecule has 3 saturated heterocycles. The average Bonchev–Trinajstić information content (AvgIpc) is 3.02. The highest BCUT2D eigenvalue weighted by Gasteiger charge is 2.35. The minimum atomic E-state index is -1.48. The molecule has 1 atom stereocenters. The van der Waals surface area contributed by atoms with Crippen molar-refractivity contribution >= 4 is 25.0 Å². The predicted molar refractivity (Wildman–Crippen MR) is 105 cm³/mol. The summed E-state index contributed by atoms with van der Waals surface area (Å²) in [4.78, 5) is 19.5. The first-order valence-corrected chi connectivity index (χ1v) is 12.8. The van der Waals surface area contributed by atoms with Crippen LogP contribution in [0.3, 0.4) is 0 Å². The minimum absolute atomic E-state index is 0.101. The van der Waals surface area contributed by atoms with Gasteiger partial charge in [0.1, 0.15) is 20.0 Å². The van der Waals surface area contributed by atoms with Crippen molar-refractivity contribution < 1.29 is 9.21 Å². The Labute approximate surface area is 155 Å². The maximum atomic E-state index is 12.7. The number of aromatic nitrogens is 1. The van der Waals surface area contributed by atoms with Gasteiger partial charge < -0.3 is 14.6 Å². The number of carbonyl (C=O) groups is 1. The van der Waals surface area contributed by atoms with Gasteiger partial charge in [-0.3, -0.25) is 4.79 Å². The predicted octanol–water partition coefficient (Wildman–Crippen LogP) is 2.88. The molecule has 5 heterocycles. The maximum Gasteiger partial charge on any atom is 0.270 e. The number of fused-ring (bicyclic) bond motifs is 4. The fourth-order valence-corrected chi connectivity index (χ4v) is 4.29. The number of furan rings is 1. The van der Waals surface area contributed by atoms with Gasteiger partial charge in [0.25, 0.3) is 5.91 Å². The van der Waals surface area contributed by atoms with Crippen LogP contribution in [0.4, 0.5) is 0 Å². The Balaban J connectivity index is 1.56. The SMILES string of the molecule is C[Si](C)(C)C#Cc1coc2cnc(C(=O)N[C@H]3CN4CCC3CC4)cc12. The zero-order chi connectivity index (χ0) is 18.3. The normalized spacial score (nSPS) is 25.0. The van der Waals surface area contributed by atoms with E-state index in [1.54, 1.807) is 12.5 Å². The van der Waals surface area contributed by atoms with Crippen LogP contribution in [-0.2, 0) is 0 Å². The number of rotatable bonds is 2. The molecule has 1 amide bonds. The Hall–Kier alpha value is -2.10. The Morgan fingerprint density at radius 3 is 2.77 bits per heavy atom. The Morgan fingerprint density at radius 2 is 2.12 bits per heavy atom. The number of piperidine rings is 3. The van der Waals surface area contributed by atoms with E-state index in [1.165, 1.54) is 12.8 Å². The van der Waals surface area contributed by atoms with Gasteiger partial charge in [0.15, 0.2) is 5.58 Å². The molecular weight excluding hydrogens is 342 g/mol. The molecule has 3 fully saturated rings. The van der Waals surface area contributed by atoms with Crippen LogP contribution in [0.15, 0.2) is 22.9 Å². The van der Waals surface area contributed by atoms with Crippen molar-refractivity contribution in [2.24, 2.45) is 5.92 Å². The highest BCUT2D eigenvalue weighted by atomic mass is 28.3. The summed E-state index contributed by atoms with van der Waals surface area (Å²) in [6.07, 6.45) is 5.64. The number of hydrogen-bond donors (Lipinski definition) is 1. The molecule has 0 aliphatic carbocycles. The number of nitrogens with one attached hydrogen (secondary N) is 1. The summed E-state index contributed by atoms with van der Waals surface area (Å²) in [6.45, 7) is 9.89. The molecule has 2 bridgehead atoms. The van der Waals surface area contributed by atoms with Gasteiger partial charge in [-0.25, -0.2) is 4.98 Å². The van der Waals surface area contributed by atoms with Gasteiger partial charge in [-0.2, -0.15) is 0 Å². The van der Waals surface area contributed by atoms with Crippen LogP contribution in [0.2, 0.25) is 19.6 Å². The molecule has 0 radical (unpaired) electrons. The van der Waals surface area contributed by atoms with Crippen molar-refractivity contribution in [3.8, 4) is 11.5 Å². The molecule has 2 aromatic heterocycles. The van der Waals surface area contributed by atoms with E-state index < -0.39 is 8.07 Å². The molecule has 5 rings (SSSR count). The molecule has 5 nitrogen and oxygen atoms in total. The van der Waals surface area contributed by atoms with Crippen molar-refractivity contribution in [2.75, 3.05) is 19.6 Å². The monoisotopic (exact) mass is 367 g/mol. The van der Waals surface area contributed by atoms with Crippen LogP contribution in [0.25, 0.3) is 11.0 Å². The number of nitrogens with zero attached hydrogens (tertiary/aromatic N) is 2. The summed E-state index contributed by atoms with van der Waals surface area (Å²) >= 11 is 0. The lowest BCUT2D eigenvalue weighted by Crippen LogP contribution is -2.57. The maximum absolute atomic E-state index is 12.7. The first-order valence-electron chi connectivity index (χ1n) is 9.33. The highest BCUT2D eigenvalue weighted by Crippen LogP contribution is 2.28. The minimum Gasteiger partial charge on any atom is -0.461 e. The second-order valence-corrected chi connectivity index (χ2v) is 13.2.